The zero-order chi connectivity index (χ0) is 14.4. The number of carbonyl (C=O) groups is 1. The Kier molecular flexibility index (Phi) is 4.43. The highest BCUT2D eigenvalue weighted by atomic mass is 19.1. The van der Waals surface area contributed by atoms with Crippen LogP contribution in [0.5, 0.6) is 0 Å². The van der Waals surface area contributed by atoms with E-state index in [2.05, 4.69) is 15.6 Å². The summed E-state index contributed by atoms with van der Waals surface area (Å²) in [6.45, 7) is 1.40. The molecule has 1 heterocycles. The van der Waals surface area contributed by atoms with Crippen molar-refractivity contribution in [3.05, 3.63) is 47.5 Å². The summed E-state index contributed by atoms with van der Waals surface area (Å²) in [7, 11) is 0. The SMILES string of the molecule is Cc1cc(NC(=O)CO/N=C\c2ccccc2F)no1. The Balaban J connectivity index is 1.78. The van der Waals surface area contributed by atoms with Gasteiger partial charge >= 0.3 is 0 Å². The van der Waals surface area contributed by atoms with Gasteiger partial charge in [-0.1, -0.05) is 28.5 Å². The molecule has 0 saturated carbocycles. The maximum absolute atomic E-state index is 13.2. The predicted octanol–water partition coefficient (Wildman–Crippen LogP) is 2.11. The molecule has 0 aliphatic carbocycles. The highest BCUT2D eigenvalue weighted by molar-refractivity contribution is 5.90. The molecule has 1 aromatic carbocycles. The molecule has 0 fully saturated rings. The molecule has 0 spiro atoms. The molecule has 7 heteroatoms. The molecule has 6 nitrogen and oxygen atoms in total. The molecule has 0 aliphatic heterocycles. The number of carbonyl (C=O) groups excluding carboxylic acids is 1. The molecule has 1 amide bonds. The molecule has 0 bridgehead atoms. The second-order valence-corrected chi connectivity index (χ2v) is 3.90. The Morgan fingerprint density at radius 3 is 3.05 bits per heavy atom. The summed E-state index contributed by atoms with van der Waals surface area (Å²) in [6.07, 6.45) is 1.20. The van der Waals surface area contributed by atoms with Crippen molar-refractivity contribution in [3.63, 3.8) is 0 Å². The molecule has 0 unspecified atom stereocenters. The third kappa shape index (κ3) is 3.91. The monoisotopic (exact) mass is 277 g/mol. The zero-order valence-corrected chi connectivity index (χ0v) is 10.7. The van der Waals surface area contributed by atoms with Crippen LogP contribution in [0, 0.1) is 12.7 Å². The van der Waals surface area contributed by atoms with Crippen molar-refractivity contribution in [2.24, 2.45) is 5.16 Å². The number of aryl methyl sites for hydroxylation is 1. The van der Waals surface area contributed by atoms with E-state index in [0.29, 0.717) is 11.6 Å². The topological polar surface area (TPSA) is 76.7 Å². The fourth-order valence-corrected chi connectivity index (χ4v) is 1.37. The Morgan fingerprint density at radius 2 is 2.35 bits per heavy atom. The van der Waals surface area contributed by atoms with E-state index in [1.807, 2.05) is 0 Å². The maximum Gasteiger partial charge on any atom is 0.266 e. The number of nitrogens with zero attached hydrogens (tertiary/aromatic N) is 2. The molecule has 1 N–H and O–H groups in total. The molecule has 0 saturated heterocycles. The molecule has 0 radical (unpaired) electrons. The van der Waals surface area contributed by atoms with Crippen LogP contribution in [-0.2, 0) is 9.63 Å². The summed E-state index contributed by atoms with van der Waals surface area (Å²) in [5, 5.41) is 9.57. The average Bonchev–Trinajstić information content (AvgIpc) is 2.82. The number of hydrogen-bond donors (Lipinski definition) is 1. The van der Waals surface area contributed by atoms with E-state index in [0.717, 1.165) is 0 Å². The minimum Gasteiger partial charge on any atom is -0.386 e. The van der Waals surface area contributed by atoms with Crippen LogP contribution in [0.1, 0.15) is 11.3 Å². The van der Waals surface area contributed by atoms with Gasteiger partial charge in [0, 0.05) is 11.6 Å². The van der Waals surface area contributed by atoms with Crippen molar-refractivity contribution in [3.8, 4) is 0 Å². The first-order valence-corrected chi connectivity index (χ1v) is 5.78. The Labute approximate surface area is 114 Å². The number of aromatic nitrogens is 1. The van der Waals surface area contributed by atoms with Gasteiger partial charge in [-0.25, -0.2) is 4.39 Å². The van der Waals surface area contributed by atoms with Crippen LogP contribution in [-0.4, -0.2) is 23.9 Å². The number of oxime groups is 1. The standard InChI is InChI=1S/C13H12FN3O3/c1-9-6-12(17-20-9)16-13(18)8-19-15-7-10-4-2-3-5-11(10)14/h2-7H,8H2,1H3,(H,16,17,18)/b15-7-. The summed E-state index contributed by atoms with van der Waals surface area (Å²) in [5.74, 6) is 0.0272. The first kappa shape index (κ1) is 13.7. The predicted molar refractivity (Wildman–Crippen MR) is 69.8 cm³/mol. The van der Waals surface area contributed by atoms with Gasteiger partial charge in [0.05, 0.1) is 6.21 Å². The van der Waals surface area contributed by atoms with Gasteiger partial charge in [-0.15, -0.1) is 0 Å². The number of rotatable bonds is 5. The molecular formula is C13H12FN3O3. The minimum atomic E-state index is -0.441. The quantitative estimate of drug-likeness (QED) is 0.670. The van der Waals surface area contributed by atoms with Crippen LogP contribution < -0.4 is 5.32 Å². The third-order valence-electron chi connectivity index (χ3n) is 2.26. The van der Waals surface area contributed by atoms with Crippen LogP contribution >= 0.6 is 0 Å². The van der Waals surface area contributed by atoms with Crippen molar-refractivity contribution in [2.45, 2.75) is 6.92 Å². The van der Waals surface area contributed by atoms with Gasteiger partial charge in [-0.3, -0.25) is 4.79 Å². The van der Waals surface area contributed by atoms with Gasteiger partial charge in [0.1, 0.15) is 11.6 Å². The summed E-state index contributed by atoms with van der Waals surface area (Å²) in [5.41, 5.74) is 0.278. The largest absolute Gasteiger partial charge is 0.386 e. The third-order valence-corrected chi connectivity index (χ3v) is 2.26. The van der Waals surface area contributed by atoms with Crippen molar-refractivity contribution < 1.29 is 18.5 Å². The molecule has 104 valence electrons. The van der Waals surface area contributed by atoms with Crippen LogP contribution in [0.2, 0.25) is 0 Å². The number of halogens is 1. The van der Waals surface area contributed by atoms with E-state index < -0.39 is 11.7 Å². The lowest BCUT2D eigenvalue weighted by Gasteiger charge is -1.99. The highest BCUT2D eigenvalue weighted by Crippen LogP contribution is 2.06. The second kappa shape index (κ2) is 6.46. The number of hydrogen-bond acceptors (Lipinski definition) is 5. The molecule has 2 aromatic rings. The fraction of sp³-hybridized carbons (Fsp3) is 0.154. The molecule has 2 rings (SSSR count). The summed E-state index contributed by atoms with van der Waals surface area (Å²) in [6, 6.07) is 7.66. The van der Waals surface area contributed by atoms with Crippen LogP contribution in [0.3, 0.4) is 0 Å². The first-order valence-electron chi connectivity index (χ1n) is 5.78. The van der Waals surface area contributed by atoms with E-state index in [1.165, 1.54) is 12.3 Å². The van der Waals surface area contributed by atoms with Crippen molar-refractivity contribution in [2.75, 3.05) is 11.9 Å². The molecule has 0 aliphatic rings. The van der Waals surface area contributed by atoms with Gasteiger partial charge in [0.15, 0.2) is 12.4 Å². The summed E-state index contributed by atoms with van der Waals surface area (Å²) >= 11 is 0. The average molecular weight is 277 g/mol. The second-order valence-electron chi connectivity index (χ2n) is 3.90. The van der Waals surface area contributed by atoms with Crippen molar-refractivity contribution in [1.29, 1.82) is 0 Å². The maximum atomic E-state index is 13.2. The number of nitrogens with one attached hydrogen (secondary N) is 1. The van der Waals surface area contributed by atoms with E-state index in [4.69, 9.17) is 9.36 Å². The van der Waals surface area contributed by atoms with Crippen molar-refractivity contribution in [1.82, 2.24) is 5.16 Å². The van der Waals surface area contributed by atoms with E-state index in [9.17, 15) is 9.18 Å². The van der Waals surface area contributed by atoms with E-state index in [1.54, 1.807) is 31.2 Å². The number of anilines is 1. The molecule has 1 aromatic heterocycles. The van der Waals surface area contributed by atoms with Crippen LogP contribution in [0.4, 0.5) is 10.2 Å². The first-order chi connectivity index (χ1) is 9.65. The van der Waals surface area contributed by atoms with Crippen LogP contribution in [0.25, 0.3) is 0 Å². The van der Waals surface area contributed by atoms with Gasteiger partial charge in [-0.05, 0) is 13.0 Å². The van der Waals surface area contributed by atoms with Crippen LogP contribution in [0.15, 0.2) is 40.0 Å². The normalized spacial score (nSPS) is 10.7. The Hall–Kier alpha value is -2.70. The molecule has 0 atom stereocenters. The highest BCUT2D eigenvalue weighted by Gasteiger charge is 2.06. The fourth-order valence-electron chi connectivity index (χ4n) is 1.37. The molecular weight excluding hydrogens is 265 g/mol. The minimum absolute atomic E-state index is 0.278. The Morgan fingerprint density at radius 1 is 1.55 bits per heavy atom. The Bertz CT molecular complexity index is 625. The van der Waals surface area contributed by atoms with Gasteiger partial charge in [0.2, 0.25) is 0 Å². The smallest absolute Gasteiger partial charge is 0.266 e. The van der Waals surface area contributed by atoms with E-state index >= 15 is 0 Å². The number of benzene rings is 1. The summed E-state index contributed by atoms with van der Waals surface area (Å²) in [4.78, 5) is 16.2. The van der Waals surface area contributed by atoms with E-state index in [-0.39, 0.29) is 12.2 Å². The van der Waals surface area contributed by atoms with Crippen molar-refractivity contribution >= 4 is 17.9 Å². The zero-order valence-electron chi connectivity index (χ0n) is 10.7. The molecule has 20 heavy (non-hydrogen) atoms. The lowest BCUT2D eigenvalue weighted by Crippen LogP contribution is -2.17. The van der Waals surface area contributed by atoms with Gasteiger partial charge in [0.25, 0.3) is 5.91 Å². The van der Waals surface area contributed by atoms with Gasteiger partial charge < -0.3 is 14.7 Å². The number of amides is 1. The van der Waals surface area contributed by atoms with Gasteiger partial charge in [-0.2, -0.15) is 0 Å². The summed E-state index contributed by atoms with van der Waals surface area (Å²) < 4.78 is 18.0. The lowest BCUT2D eigenvalue weighted by atomic mass is 10.2. The lowest BCUT2D eigenvalue weighted by molar-refractivity contribution is -0.120.